The molecule has 0 fully saturated rings. The zero-order valence-corrected chi connectivity index (χ0v) is 9.09. The first kappa shape index (κ1) is 9.29. The SMILES string of the molecule is Cc1cnc(-c2ccc(P)cc2)nc1. The Morgan fingerprint density at radius 2 is 1.57 bits per heavy atom. The first-order chi connectivity index (χ1) is 6.75. The molecular formula is C11H11N2P. The van der Waals surface area contributed by atoms with E-state index < -0.39 is 0 Å². The first-order valence-electron chi connectivity index (χ1n) is 4.40. The van der Waals surface area contributed by atoms with Crippen LogP contribution in [-0.4, -0.2) is 9.97 Å². The van der Waals surface area contributed by atoms with E-state index in [9.17, 15) is 0 Å². The summed E-state index contributed by atoms with van der Waals surface area (Å²) in [5, 5.41) is 1.17. The third-order valence-electron chi connectivity index (χ3n) is 1.95. The van der Waals surface area contributed by atoms with E-state index in [0.29, 0.717) is 0 Å². The summed E-state index contributed by atoms with van der Waals surface area (Å²) in [5.41, 5.74) is 2.13. The maximum atomic E-state index is 4.26. The molecule has 1 atom stereocenters. The molecule has 1 aromatic carbocycles. The number of aryl methyl sites for hydroxylation is 1. The van der Waals surface area contributed by atoms with Gasteiger partial charge in [0.25, 0.3) is 0 Å². The van der Waals surface area contributed by atoms with Crippen LogP contribution in [0.5, 0.6) is 0 Å². The average Bonchev–Trinajstić information content (AvgIpc) is 2.21. The molecule has 14 heavy (non-hydrogen) atoms. The van der Waals surface area contributed by atoms with Crippen LogP contribution in [-0.2, 0) is 0 Å². The standard InChI is InChI=1S/C11H11N2P/c1-8-6-12-11(13-7-8)9-2-4-10(14)5-3-9/h2-7H,14H2,1H3. The maximum Gasteiger partial charge on any atom is 0.159 e. The van der Waals surface area contributed by atoms with Gasteiger partial charge in [-0.3, -0.25) is 0 Å². The molecule has 0 amide bonds. The van der Waals surface area contributed by atoms with Gasteiger partial charge in [-0.2, -0.15) is 0 Å². The number of nitrogens with zero attached hydrogens (tertiary/aromatic N) is 2. The molecule has 0 aliphatic rings. The second kappa shape index (κ2) is 3.85. The molecule has 0 N–H and O–H groups in total. The molecule has 0 bridgehead atoms. The van der Waals surface area contributed by atoms with Crippen molar-refractivity contribution in [3.05, 3.63) is 42.2 Å². The lowest BCUT2D eigenvalue weighted by Gasteiger charge is -2.00. The molecule has 0 aliphatic carbocycles. The smallest absolute Gasteiger partial charge is 0.159 e. The molecule has 2 aromatic rings. The second-order valence-electron chi connectivity index (χ2n) is 3.21. The van der Waals surface area contributed by atoms with Gasteiger partial charge in [-0.25, -0.2) is 9.97 Å². The molecule has 70 valence electrons. The lowest BCUT2D eigenvalue weighted by Crippen LogP contribution is -1.92. The van der Waals surface area contributed by atoms with Crippen LogP contribution in [0.25, 0.3) is 11.4 Å². The van der Waals surface area contributed by atoms with Gasteiger partial charge in [0, 0.05) is 18.0 Å². The highest BCUT2D eigenvalue weighted by molar-refractivity contribution is 7.27. The largest absolute Gasteiger partial charge is 0.236 e. The van der Waals surface area contributed by atoms with E-state index >= 15 is 0 Å². The van der Waals surface area contributed by atoms with E-state index in [4.69, 9.17) is 0 Å². The van der Waals surface area contributed by atoms with E-state index in [1.54, 1.807) is 0 Å². The van der Waals surface area contributed by atoms with Gasteiger partial charge >= 0.3 is 0 Å². The van der Waals surface area contributed by atoms with Crippen molar-refractivity contribution >= 4 is 14.5 Å². The van der Waals surface area contributed by atoms with Gasteiger partial charge in [0.1, 0.15) is 0 Å². The van der Waals surface area contributed by atoms with Crippen LogP contribution in [0.2, 0.25) is 0 Å². The van der Waals surface area contributed by atoms with Crippen LogP contribution in [0.1, 0.15) is 5.56 Å². The minimum absolute atomic E-state index is 0.778. The molecule has 0 radical (unpaired) electrons. The van der Waals surface area contributed by atoms with Gasteiger partial charge in [0.2, 0.25) is 0 Å². The molecule has 0 saturated carbocycles. The first-order valence-corrected chi connectivity index (χ1v) is 4.98. The Morgan fingerprint density at radius 3 is 2.14 bits per heavy atom. The molecule has 0 aliphatic heterocycles. The molecular weight excluding hydrogens is 191 g/mol. The molecule has 1 heterocycles. The van der Waals surface area contributed by atoms with Crippen LogP contribution in [0, 0.1) is 6.92 Å². The molecule has 0 spiro atoms. The van der Waals surface area contributed by atoms with Crippen molar-refractivity contribution in [3.8, 4) is 11.4 Å². The zero-order valence-electron chi connectivity index (χ0n) is 7.94. The fourth-order valence-electron chi connectivity index (χ4n) is 1.17. The fourth-order valence-corrected chi connectivity index (χ4v) is 1.37. The van der Waals surface area contributed by atoms with Crippen molar-refractivity contribution < 1.29 is 0 Å². The van der Waals surface area contributed by atoms with Crippen molar-refractivity contribution in [3.63, 3.8) is 0 Å². The Morgan fingerprint density at radius 1 is 1.00 bits per heavy atom. The van der Waals surface area contributed by atoms with E-state index in [-0.39, 0.29) is 0 Å². The summed E-state index contributed by atoms with van der Waals surface area (Å²) in [5.74, 6) is 0.778. The Bertz CT molecular complexity index is 377. The predicted molar refractivity (Wildman–Crippen MR) is 61.5 cm³/mol. The summed E-state index contributed by atoms with van der Waals surface area (Å²) in [6.45, 7) is 1.98. The number of aromatic nitrogens is 2. The van der Waals surface area contributed by atoms with Gasteiger partial charge in [0.05, 0.1) is 0 Å². The van der Waals surface area contributed by atoms with Gasteiger partial charge in [-0.1, -0.05) is 24.3 Å². The second-order valence-corrected chi connectivity index (χ2v) is 3.87. The van der Waals surface area contributed by atoms with Crippen LogP contribution >= 0.6 is 9.24 Å². The lowest BCUT2D eigenvalue weighted by atomic mass is 10.2. The number of hydrogen-bond acceptors (Lipinski definition) is 2. The lowest BCUT2D eigenvalue weighted by molar-refractivity contribution is 1.14. The van der Waals surface area contributed by atoms with Crippen molar-refractivity contribution in [1.82, 2.24) is 9.97 Å². The van der Waals surface area contributed by atoms with Crippen LogP contribution in [0.3, 0.4) is 0 Å². The minimum atomic E-state index is 0.778. The minimum Gasteiger partial charge on any atom is -0.236 e. The Labute approximate surface area is 85.6 Å². The van der Waals surface area contributed by atoms with E-state index in [2.05, 4.69) is 19.2 Å². The monoisotopic (exact) mass is 202 g/mol. The summed E-state index contributed by atoms with van der Waals surface area (Å²) < 4.78 is 0. The molecule has 3 heteroatoms. The highest BCUT2D eigenvalue weighted by Gasteiger charge is 1.98. The van der Waals surface area contributed by atoms with Gasteiger partial charge < -0.3 is 0 Å². The average molecular weight is 202 g/mol. The van der Waals surface area contributed by atoms with Crippen LogP contribution in [0.4, 0.5) is 0 Å². The summed E-state index contributed by atoms with van der Waals surface area (Å²) in [7, 11) is 2.66. The Hall–Kier alpha value is -1.27. The number of benzene rings is 1. The third kappa shape index (κ3) is 1.97. The highest BCUT2D eigenvalue weighted by atomic mass is 31.0. The molecule has 2 rings (SSSR count). The van der Waals surface area contributed by atoms with Crippen molar-refractivity contribution in [2.45, 2.75) is 6.92 Å². The summed E-state index contributed by atoms with van der Waals surface area (Å²) in [4.78, 5) is 8.52. The quantitative estimate of drug-likeness (QED) is 0.660. The predicted octanol–water partition coefficient (Wildman–Crippen LogP) is 1.95. The van der Waals surface area contributed by atoms with Crippen molar-refractivity contribution in [2.24, 2.45) is 0 Å². The van der Waals surface area contributed by atoms with Gasteiger partial charge in [0.15, 0.2) is 5.82 Å². The van der Waals surface area contributed by atoms with Crippen molar-refractivity contribution in [1.29, 1.82) is 0 Å². The van der Waals surface area contributed by atoms with Crippen molar-refractivity contribution in [2.75, 3.05) is 0 Å². The third-order valence-corrected chi connectivity index (χ3v) is 2.33. The van der Waals surface area contributed by atoms with Crippen LogP contribution < -0.4 is 5.30 Å². The fraction of sp³-hybridized carbons (Fsp3) is 0.0909. The van der Waals surface area contributed by atoms with E-state index in [0.717, 1.165) is 17.0 Å². The maximum absolute atomic E-state index is 4.26. The summed E-state index contributed by atoms with van der Waals surface area (Å²) >= 11 is 0. The van der Waals surface area contributed by atoms with Gasteiger partial charge in [-0.05, 0) is 17.8 Å². The number of hydrogen-bond donors (Lipinski definition) is 0. The van der Waals surface area contributed by atoms with E-state index in [1.807, 2.05) is 43.6 Å². The van der Waals surface area contributed by atoms with E-state index in [1.165, 1.54) is 5.30 Å². The topological polar surface area (TPSA) is 25.8 Å². The normalized spacial score (nSPS) is 10.1. The van der Waals surface area contributed by atoms with Crippen LogP contribution in [0.15, 0.2) is 36.7 Å². The zero-order chi connectivity index (χ0) is 9.97. The highest BCUT2D eigenvalue weighted by Crippen LogP contribution is 2.12. The Balaban J connectivity index is 2.40. The number of rotatable bonds is 1. The molecule has 2 nitrogen and oxygen atoms in total. The summed E-state index contributed by atoms with van der Waals surface area (Å²) in [6.07, 6.45) is 3.66. The molecule has 0 saturated heterocycles. The molecule has 1 aromatic heterocycles. The molecule has 1 unspecified atom stereocenters. The van der Waals surface area contributed by atoms with Gasteiger partial charge in [-0.15, -0.1) is 9.24 Å². The Kier molecular flexibility index (Phi) is 2.55. The summed E-state index contributed by atoms with van der Waals surface area (Å²) in [6, 6.07) is 8.10.